The predicted molar refractivity (Wildman–Crippen MR) is 132 cm³/mol. The van der Waals surface area contributed by atoms with E-state index in [-0.39, 0.29) is 10.8 Å². The lowest BCUT2D eigenvalue weighted by Crippen LogP contribution is -2.26. The van der Waals surface area contributed by atoms with Crippen molar-refractivity contribution in [2.24, 2.45) is 5.14 Å². The van der Waals surface area contributed by atoms with Gasteiger partial charge in [-0.2, -0.15) is 5.10 Å². The summed E-state index contributed by atoms with van der Waals surface area (Å²) in [6, 6.07) is 23.4. The molecular weight excluding hydrogens is 472 g/mol. The van der Waals surface area contributed by atoms with Gasteiger partial charge in [-0.15, -0.1) is 0 Å². The van der Waals surface area contributed by atoms with Crippen molar-refractivity contribution in [2.45, 2.75) is 17.9 Å². The number of primary sulfonamides is 1. The third-order valence-electron chi connectivity index (χ3n) is 5.26. The lowest BCUT2D eigenvalue weighted by atomic mass is 10.1. The van der Waals surface area contributed by atoms with Gasteiger partial charge in [0, 0.05) is 23.3 Å². The third kappa shape index (κ3) is 5.91. The molecule has 0 spiro atoms. The van der Waals surface area contributed by atoms with Crippen LogP contribution in [-0.2, 0) is 23.0 Å². The molecule has 0 aliphatic rings. The summed E-state index contributed by atoms with van der Waals surface area (Å²) in [7, 11) is -3.73. The van der Waals surface area contributed by atoms with Gasteiger partial charge in [-0.1, -0.05) is 66.2 Å². The number of rotatable bonds is 8. The Morgan fingerprint density at radius 1 is 0.941 bits per heavy atom. The summed E-state index contributed by atoms with van der Waals surface area (Å²) in [5.74, 6) is -0.245. The van der Waals surface area contributed by atoms with Crippen molar-refractivity contribution in [3.05, 3.63) is 107 Å². The first-order chi connectivity index (χ1) is 16.3. The van der Waals surface area contributed by atoms with E-state index in [1.165, 1.54) is 12.1 Å². The van der Waals surface area contributed by atoms with Gasteiger partial charge < -0.3 is 5.32 Å². The van der Waals surface area contributed by atoms with Gasteiger partial charge in [0.15, 0.2) is 0 Å². The molecule has 0 bridgehead atoms. The number of nitrogens with one attached hydrogen (secondary N) is 1. The zero-order chi connectivity index (χ0) is 24.1. The number of carbonyl (C=O) groups excluding carboxylic acids is 1. The second-order valence-electron chi connectivity index (χ2n) is 7.78. The molecule has 9 heteroatoms. The van der Waals surface area contributed by atoms with Crippen LogP contribution in [0.5, 0.6) is 0 Å². The van der Waals surface area contributed by atoms with E-state index in [0.29, 0.717) is 35.8 Å². The van der Waals surface area contributed by atoms with E-state index in [9.17, 15) is 13.2 Å². The monoisotopic (exact) mass is 494 g/mol. The van der Waals surface area contributed by atoms with E-state index >= 15 is 0 Å². The molecule has 4 aromatic rings. The van der Waals surface area contributed by atoms with Crippen LogP contribution in [0.25, 0.3) is 11.3 Å². The number of amides is 1. The molecule has 34 heavy (non-hydrogen) atoms. The van der Waals surface area contributed by atoms with Crippen LogP contribution in [-0.4, -0.2) is 30.7 Å². The number of benzene rings is 3. The average Bonchev–Trinajstić information content (AvgIpc) is 3.24. The number of carbonyl (C=O) groups is 1. The predicted octanol–water partition coefficient (Wildman–Crippen LogP) is 3.87. The number of nitrogens with zero attached hydrogens (tertiary/aromatic N) is 2. The number of aromatic nitrogens is 2. The topological polar surface area (TPSA) is 107 Å². The fourth-order valence-electron chi connectivity index (χ4n) is 3.52. The van der Waals surface area contributed by atoms with Crippen molar-refractivity contribution in [3.8, 4) is 11.3 Å². The Labute approximate surface area is 203 Å². The highest BCUT2D eigenvalue weighted by Crippen LogP contribution is 2.24. The van der Waals surface area contributed by atoms with Crippen molar-refractivity contribution >= 4 is 27.5 Å². The fourth-order valence-corrected chi connectivity index (χ4v) is 4.16. The molecule has 0 saturated heterocycles. The highest BCUT2D eigenvalue weighted by Gasteiger charge is 2.18. The molecule has 0 aliphatic carbocycles. The van der Waals surface area contributed by atoms with E-state index in [4.69, 9.17) is 16.7 Å². The van der Waals surface area contributed by atoms with Crippen molar-refractivity contribution in [1.29, 1.82) is 0 Å². The van der Waals surface area contributed by atoms with E-state index in [2.05, 4.69) is 10.4 Å². The maximum absolute atomic E-state index is 13.1. The summed E-state index contributed by atoms with van der Waals surface area (Å²) in [5.41, 5.74) is 3.78. The third-order valence-corrected chi connectivity index (χ3v) is 6.44. The van der Waals surface area contributed by atoms with Crippen molar-refractivity contribution in [1.82, 2.24) is 15.1 Å². The standard InChI is InChI=1S/C25H23ClN4O3S/c26-21-10-8-20(9-11-21)24-23(17-30(29-24)16-19-4-2-1-3-5-19)25(31)28-15-14-18-6-12-22(13-7-18)34(27,32)33/h1-13,17H,14-16H2,(H,28,31)(H2,27,32,33). The Morgan fingerprint density at radius 3 is 2.26 bits per heavy atom. The van der Waals surface area contributed by atoms with Crippen LogP contribution in [0.3, 0.4) is 0 Å². The molecule has 3 N–H and O–H groups in total. The second kappa shape index (κ2) is 10.2. The number of hydrogen-bond acceptors (Lipinski definition) is 4. The maximum atomic E-state index is 13.1. The quantitative estimate of drug-likeness (QED) is 0.387. The summed E-state index contributed by atoms with van der Waals surface area (Å²) in [5, 5.41) is 13.3. The molecule has 0 saturated carbocycles. The summed E-state index contributed by atoms with van der Waals surface area (Å²) in [6.07, 6.45) is 2.28. The molecule has 1 heterocycles. The molecule has 1 aromatic heterocycles. The smallest absolute Gasteiger partial charge is 0.255 e. The van der Waals surface area contributed by atoms with Gasteiger partial charge in [0.05, 0.1) is 17.0 Å². The van der Waals surface area contributed by atoms with Crippen LogP contribution in [0.15, 0.2) is 90.0 Å². The Bertz CT molecular complexity index is 1380. The number of halogens is 1. The molecule has 7 nitrogen and oxygen atoms in total. The first-order valence-electron chi connectivity index (χ1n) is 10.6. The molecule has 174 valence electrons. The minimum Gasteiger partial charge on any atom is -0.352 e. The van der Waals surface area contributed by atoms with E-state index in [1.54, 1.807) is 35.1 Å². The maximum Gasteiger partial charge on any atom is 0.255 e. The average molecular weight is 495 g/mol. The molecule has 4 rings (SSSR count). The molecule has 0 atom stereocenters. The van der Waals surface area contributed by atoms with Crippen LogP contribution in [0.1, 0.15) is 21.5 Å². The lowest BCUT2D eigenvalue weighted by molar-refractivity contribution is 0.0954. The Kier molecular flexibility index (Phi) is 7.12. The summed E-state index contributed by atoms with van der Waals surface area (Å²) < 4.78 is 24.5. The summed E-state index contributed by atoms with van der Waals surface area (Å²) in [6.45, 7) is 0.905. The molecule has 0 fully saturated rings. The summed E-state index contributed by atoms with van der Waals surface area (Å²) >= 11 is 6.03. The minimum atomic E-state index is -3.73. The van der Waals surface area contributed by atoms with Gasteiger partial charge in [0.1, 0.15) is 5.69 Å². The molecule has 1 amide bonds. The van der Waals surface area contributed by atoms with Crippen LogP contribution < -0.4 is 10.5 Å². The van der Waals surface area contributed by atoms with Gasteiger partial charge in [-0.3, -0.25) is 9.48 Å². The van der Waals surface area contributed by atoms with Crippen LogP contribution >= 0.6 is 11.6 Å². The zero-order valence-corrected chi connectivity index (χ0v) is 19.8. The molecule has 0 radical (unpaired) electrons. The summed E-state index contributed by atoms with van der Waals surface area (Å²) in [4.78, 5) is 13.1. The minimum absolute atomic E-state index is 0.0544. The molecule has 0 aliphatic heterocycles. The second-order valence-corrected chi connectivity index (χ2v) is 9.77. The number of sulfonamides is 1. The first kappa shape index (κ1) is 23.7. The van der Waals surface area contributed by atoms with Crippen LogP contribution in [0.2, 0.25) is 5.02 Å². The molecule has 0 unspecified atom stereocenters. The highest BCUT2D eigenvalue weighted by atomic mass is 35.5. The SMILES string of the molecule is NS(=O)(=O)c1ccc(CCNC(=O)c2cn(Cc3ccccc3)nc2-c2ccc(Cl)cc2)cc1. The van der Waals surface area contributed by atoms with Gasteiger partial charge in [0.25, 0.3) is 5.91 Å². The normalized spacial score (nSPS) is 11.4. The number of hydrogen-bond donors (Lipinski definition) is 2. The fraction of sp³-hybridized carbons (Fsp3) is 0.120. The van der Waals surface area contributed by atoms with E-state index in [0.717, 1.165) is 16.7 Å². The van der Waals surface area contributed by atoms with Gasteiger partial charge in [0.2, 0.25) is 10.0 Å². The van der Waals surface area contributed by atoms with E-state index in [1.807, 2.05) is 42.5 Å². The first-order valence-corrected chi connectivity index (χ1v) is 12.5. The van der Waals surface area contributed by atoms with Gasteiger partial charge >= 0.3 is 0 Å². The van der Waals surface area contributed by atoms with Crippen LogP contribution in [0, 0.1) is 0 Å². The highest BCUT2D eigenvalue weighted by molar-refractivity contribution is 7.89. The van der Waals surface area contributed by atoms with Crippen molar-refractivity contribution < 1.29 is 13.2 Å². The van der Waals surface area contributed by atoms with E-state index < -0.39 is 10.0 Å². The zero-order valence-electron chi connectivity index (χ0n) is 18.2. The van der Waals surface area contributed by atoms with Crippen molar-refractivity contribution in [3.63, 3.8) is 0 Å². The number of nitrogens with two attached hydrogens (primary N) is 1. The Morgan fingerprint density at radius 2 is 1.62 bits per heavy atom. The van der Waals surface area contributed by atoms with Gasteiger partial charge in [-0.05, 0) is 41.8 Å². The van der Waals surface area contributed by atoms with Crippen LogP contribution in [0.4, 0.5) is 0 Å². The largest absolute Gasteiger partial charge is 0.352 e. The Balaban J connectivity index is 1.50. The molecule has 3 aromatic carbocycles. The lowest BCUT2D eigenvalue weighted by Gasteiger charge is -2.06. The Hall–Kier alpha value is -3.46. The van der Waals surface area contributed by atoms with Gasteiger partial charge in [-0.25, -0.2) is 13.6 Å². The molecular formula is C25H23ClN4O3S. The van der Waals surface area contributed by atoms with Crippen molar-refractivity contribution in [2.75, 3.05) is 6.54 Å².